The quantitative estimate of drug-likeness (QED) is 0.404. The summed E-state index contributed by atoms with van der Waals surface area (Å²) < 4.78 is 0. The molecule has 0 spiro atoms. The maximum Gasteiger partial charge on any atom is 0.204 e. The Hall–Kier alpha value is -2.92. The van der Waals surface area contributed by atoms with Crippen LogP contribution in [0.15, 0.2) is 59.3 Å². The minimum Gasteiger partial charge on any atom is -0.237 e. The Morgan fingerprint density at radius 2 is 1.62 bits per heavy atom. The zero-order valence-corrected chi connectivity index (χ0v) is 14.3. The van der Waals surface area contributed by atoms with Crippen molar-refractivity contribution in [1.29, 1.82) is 5.26 Å². The van der Waals surface area contributed by atoms with Crippen molar-refractivity contribution in [3.8, 4) is 6.07 Å². The van der Waals surface area contributed by atoms with Gasteiger partial charge in [-0.1, -0.05) is 36.4 Å². The standard InChI is InChI=1S/C20H12N2S2/c1-22-18(20-8-4-10-24-20)13-16-6-2-5-15(11-16)12-17(14-21)19-7-3-9-23-19/h2-13H. The van der Waals surface area contributed by atoms with Gasteiger partial charge in [0, 0.05) is 9.75 Å². The van der Waals surface area contributed by atoms with Gasteiger partial charge in [-0.3, -0.25) is 0 Å². The maximum absolute atomic E-state index is 9.37. The molecule has 114 valence electrons. The molecule has 0 N–H and O–H groups in total. The average molecular weight is 344 g/mol. The lowest BCUT2D eigenvalue weighted by atomic mass is 10.1. The van der Waals surface area contributed by atoms with Crippen LogP contribution in [0.5, 0.6) is 0 Å². The third-order valence-corrected chi connectivity index (χ3v) is 5.12. The Morgan fingerprint density at radius 3 is 2.21 bits per heavy atom. The van der Waals surface area contributed by atoms with Crippen molar-refractivity contribution in [3.05, 3.63) is 91.6 Å². The van der Waals surface area contributed by atoms with Crippen LogP contribution < -0.4 is 0 Å². The smallest absolute Gasteiger partial charge is 0.204 e. The number of thiophene rings is 2. The molecule has 1 aromatic carbocycles. The number of nitrogens with zero attached hydrogens (tertiary/aromatic N) is 2. The molecule has 2 heterocycles. The van der Waals surface area contributed by atoms with Gasteiger partial charge in [0.2, 0.25) is 5.70 Å². The van der Waals surface area contributed by atoms with E-state index in [9.17, 15) is 5.26 Å². The molecule has 2 aromatic heterocycles. The van der Waals surface area contributed by atoms with Crippen molar-refractivity contribution in [1.82, 2.24) is 0 Å². The Bertz CT molecular complexity index is 886. The minimum absolute atomic E-state index is 0.630. The second-order valence-electron chi connectivity index (χ2n) is 4.94. The van der Waals surface area contributed by atoms with Crippen molar-refractivity contribution in [3.63, 3.8) is 0 Å². The normalized spacial score (nSPS) is 11.8. The Labute approximate surface area is 149 Å². The van der Waals surface area contributed by atoms with Gasteiger partial charge in [0.05, 0.1) is 12.1 Å². The van der Waals surface area contributed by atoms with Crippen LogP contribution in [0.3, 0.4) is 0 Å². The highest BCUT2D eigenvalue weighted by Crippen LogP contribution is 2.26. The van der Waals surface area contributed by atoms with Gasteiger partial charge in [0.25, 0.3) is 0 Å². The molecule has 0 fully saturated rings. The van der Waals surface area contributed by atoms with E-state index < -0.39 is 0 Å². The van der Waals surface area contributed by atoms with Crippen molar-refractivity contribution < 1.29 is 0 Å². The molecule has 0 saturated carbocycles. The predicted octanol–water partition coefficient (Wildman–Crippen LogP) is 6.29. The number of hydrogen-bond acceptors (Lipinski definition) is 3. The molecule has 0 unspecified atom stereocenters. The largest absolute Gasteiger partial charge is 0.237 e. The molecular weight excluding hydrogens is 332 g/mol. The van der Waals surface area contributed by atoms with Gasteiger partial charge in [0.15, 0.2) is 0 Å². The zero-order chi connectivity index (χ0) is 16.8. The van der Waals surface area contributed by atoms with Gasteiger partial charge >= 0.3 is 0 Å². The van der Waals surface area contributed by atoms with Gasteiger partial charge < -0.3 is 0 Å². The van der Waals surface area contributed by atoms with E-state index >= 15 is 0 Å². The number of hydrogen-bond donors (Lipinski definition) is 0. The lowest BCUT2D eigenvalue weighted by Gasteiger charge is -2.00. The fourth-order valence-electron chi connectivity index (χ4n) is 2.24. The summed E-state index contributed by atoms with van der Waals surface area (Å²) >= 11 is 3.11. The van der Waals surface area contributed by atoms with Crippen molar-refractivity contribution in [2.24, 2.45) is 0 Å². The molecule has 24 heavy (non-hydrogen) atoms. The van der Waals surface area contributed by atoms with Crippen LogP contribution in [0.1, 0.15) is 20.9 Å². The summed E-state index contributed by atoms with van der Waals surface area (Å²) in [5.41, 5.74) is 3.18. The van der Waals surface area contributed by atoms with Gasteiger partial charge in [-0.15, -0.1) is 11.3 Å². The predicted molar refractivity (Wildman–Crippen MR) is 103 cm³/mol. The SMILES string of the molecule is [C-]#[N+]C(=Cc1cccc(C=C(C#N)c2cccs2)c1)c1cccs1. The molecule has 0 saturated heterocycles. The summed E-state index contributed by atoms with van der Waals surface area (Å²) in [4.78, 5) is 5.55. The van der Waals surface area contributed by atoms with E-state index in [4.69, 9.17) is 6.57 Å². The molecule has 0 amide bonds. The average Bonchev–Trinajstić information content (AvgIpc) is 3.31. The van der Waals surface area contributed by atoms with Crippen LogP contribution in [0.25, 0.3) is 28.3 Å². The molecule has 0 atom stereocenters. The highest BCUT2D eigenvalue weighted by Gasteiger charge is 2.04. The Morgan fingerprint density at radius 1 is 0.958 bits per heavy atom. The molecule has 3 aromatic rings. The third kappa shape index (κ3) is 3.70. The van der Waals surface area contributed by atoms with E-state index in [1.165, 1.54) is 0 Å². The second kappa shape index (κ2) is 7.57. The number of nitriles is 1. The molecule has 2 nitrogen and oxygen atoms in total. The molecule has 0 bridgehead atoms. The van der Waals surface area contributed by atoms with E-state index in [0.717, 1.165) is 20.9 Å². The van der Waals surface area contributed by atoms with E-state index in [-0.39, 0.29) is 0 Å². The fourth-order valence-corrected chi connectivity index (χ4v) is 3.61. The second-order valence-corrected chi connectivity index (χ2v) is 6.83. The van der Waals surface area contributed by atoms with Crippen LogP contribution in [0, 0.1) is 17.9 Å². The van der Waals surface area contributed by atoms with Crippen LogP contribution in [-0.2, 0) is 0 Å². The molecule has 4 heteroatoms. The van der Waals surface area contributed by atoms with Crippen LogP contribution in [0.4, 0.5) is 0 Å². The highest BCUT2D eigenvalue weighted by molar-refractivity contribution is 7.11. The van der Waals surface area contributed by atoms with Gasteiger partial charge in [-0.05, 0) is 46.2 Å². The zero-order valence-electron chi connectivity index (χ0n) is 12.6. The Balaban J connectivity index is 1.96. The van der Waals surface area contributed by atoms with Gasteiger partial charge in [-0.25, -0.2) is 4.85 Å². The lowest BCUT2D eigenvalue weighted by molar-refractivity contribution is 1.54. The molecule has 0 aliphatic rings. The highest BCUT2D eigenvalue weighted by atomic mass is 32.1. The molecule has 0 aliphatic heterocycles. The fraction of sp³-hybridized carbons (Fsp3) is 0. The topological polar surface area (TPSA) is 28.1 Å². The summed E-state index contributed by atoms with van der Waals surface area (Å²) in [6, 6.07) is 17.9. The maximum atomic E-state index is 9.37. The third-order valence-electron chi connectivity index (χ3n) is 3.33. The number of rotatable bonds is 4. The Kier molecular flexibility index (Phi) is 5.03. The first-order chi connectivity index (χ1) is 11.8. The molecule has 0 radical (unpaired) electrons. The van der Waals surface area contributed by atoms with E-state index in [0.29, 0.717) is 11.3 Å². The summed E-state index contributed by atoms with van der Waals surface area (Å²) in [6.07, 6.45) is 3.76. The van der Waals surface area contributed by atoms with Crippen molar-refractivity contribution in [2.45, 2.75) is 0 Å². The molecule has 0 aliphatic carbocycles. The number of allylic oxidation sites excluding steroid dienone is 1. The molecular formula is C20H12N2S2. The monoisotopic (exact) mass is 344 g/mol. The first-order valence-electron chi connectivity index (χ1n) is 7.19. The van der Waals surface area contributed by atoms with E-state index in [1.807, 2.05) is 71.4 Å². The first-order valence-corrected chi connectivity index (χ1v) is 8.95. The lowest BCUT2D eigenvalue weighted by Crippen LogP contribution is -1.80. The van der Waals surface area contributed by atoms with Crippen molar-refractivity contribution in [2.75, 3.05) is 0 Å². The molecule has 3 rings (SSSR count). The number of benzene rings is 1. The van der Waals surface area contributed by atoms with Crippen LogP contribution in [-0.4, -0.2) is 0 Å². The van der Waals surface area contributed by atoms with E-state index in [1.54, 1.807) is 22.7 Å². The summed E-state index contributed by atoms with van der Waals surface area (Å²) in [5.74, 6) is 0. The van der Waals surface area contributed by atoms with Crippen LogP contribution >= 0.6 is 22.7 Å². The van der Waals surface area contributed by atoms with Crippen molar-refractivity contribution >= 4 is 46.1 Å². The summed E-state index contributed by atoms with van der Waals surface area (Å²) in [5, 5.41) is 13.3. The van der Waals surface area contributed by atoms with Crippen LogP contribution in [0.2, 0.25) is 0 Å². The minimum atomic E-state index is 0.630. The summed E-state index contributed by atoms with van der Waals surface area (Å²) in [7, 11) is 0. The van der Waals surface area contributed by atoms with Gasteiger partial charge in [0.1, 0.15) is 6.07 Å². The van der Waals surface area contributed by atoms with Gasteiger partial charge in [-0.2, -0.15) is 16.6 Å². The van der Waals surface area contributed by atoms with E-state index in [2.05, 4.69) is 10.9 Å². The first kappa shape index (κ1) is 16.0. The summed E-state index contributed by atoms with van der Waals surface area (Å²) in [6.45, 7) is 7.39.